The van der Waals surface area contributed by atoms with Crippen molar-refractivity contribution in [3.05, 3.63) is 75.9 Å². The summed E-state index contributed by atoms with van der Waals surface area (Å²) in [6.07, 6.45) is 1.81. The first-order chi connectivity index (χ1) is 15.9. The van der Waals surface area contributed by atoms with Crippen LogP contribution in [0.2, 0.25) is 0 Å². The normalized spacial score (nSPS) is 13.4. The summed E-state index contributed by atoms with van der Waals surface area (Å²) < 4.78 is 51.4. The SMILES string of the molecule is C=C(F)c1c(C)c2c(c(OS(=O)(=O)c3ccc(C)cc3)c1C/C=C(\C)CCC(=O)O)C(=O)OC2. The number of carbonyl (C=O) groups excluding carboxylic acids is 1. The smallest absolute Gasteiger partial charge is 0.342 e. The summed E-state index contributed by atoms with van der Waals surface area (Å²) >= 11 is 0. The molecule has 0 unspecified atom stereocenters. The van der Waals surface area contributed by atoms with Gasteiger partial charge in [-0.25, -0.2) is 9.18 Å². The van der Waals surface area contributed by atoms with E-state index in [1.54, 1.807) is 39.0 Å². The van der Waals surface area contributed by atoms with Crippen LogP contribution in [0.4, 0.5) is 4.39 Å². The number of rotatable bonds is 9. The molecule has 0 saturated heterocycles. The van der Waals surface area contributed by atoms with Gasteiger partial charge in [-0.05, 0) is 51.3 Å². The lowest BCUT2D eigenvalue weighted by atomic mass is 9.89. The third-order valence-electron chi connectivity index (χ3n) is 5.65. The number of ether oxygens (including phenoxy) is 1. The van der Waals surface area contributed by atoms with Crippen molar-refractivity contribution in [1.82, 2.24) is 0 Å². The van der Waals surface area contributed by atoms with Gasteiger partial charge in [-0.15, -0.1) is 0 Å². The van der Waals surface area contributed by atoms with Crippen LogP contribution >= 0.6 is 0 Å². The van der Waals surface area contributed by atoms with Gasteiger partial charge in [0.15, 0.2) is 5.75 Å². The second kappa shape index (κ2) is 9.80. The molecule has 0 fully saturated rings. The van der Waals surface area contributed by atoms with E-state index in [0.717, 1.165) is 5.56 Å². The molecule has 0 saturated carbocycles. The number of hydrogen-bond acceptors (Lipinski definition) is 6. The molecule has 0 atom stereocenters. The van der Waals surface area contributed by atoms with Crippen LogP contribution in [0.3, 0.4) is 0 Å². The van der Waals surface area contributed by atoms with Gasteiger partial charge < -0.3 is 14.0 Å². The fourth-order valence-electron chi connectivity index (χ4n) is 3.77. The molecule has 2 aromatic carbocycles. The third-order valence-corrected chi connectivity index (χ3v) is 6.88. The quantitative estimate of drug-likeness (QED) is 0.299. The lowest BCUT2D eigenvalue weighted by molar-refractivity contribution is -0.136. The predicted octanol–water partition coefficient (Wildman–Crippen LogP) is 5.04. The lowest BCUT2D eigenvalue weighted by Gasteiger charge is -2.19. The molecule has 7 nitrogen and oxygen atoms in total. The Morgan fingerprint density at radius 2 is 1.88 bits per heavy atom. The van der Waals surface area contributed by atoms with Crippen LogP contribution in [0, 0.1) is 13.8 Å². The Hall–Kier alpha value is -3.46. The Balaban J connectivity index is 2.19. The monoisotopic (exact) mass is 488 g/mol. The van der Waals surface area contributed by atoms with Gasteiger partial charge in [-0.3, -0.25) is 4.79 Å². The zero-order valence-corrected chi connectivity index (χ0v) is 19.9. The number of cyclic esters (lactones) is 1. The second-order valence-corrected chi connectivity index (χ2v) is 9.69. The minimum absolute atomic E-state index is 0.0100. The van der Waals surface area contributed by atoms with Crippen LogP contribution in [0.15, 0.2) is 47.4 Å². The van der Waals surface area contributed by atoms with Crippen molar-refractivity contribution in [3.8, 4) is 5.75 Å². The van der Waals surface area contributed by atoms with Crippen molar-refractivity contribution >= 4 is 27.9 Å². The van der Waals surface area contributed by atoms with E-state index in [9.17, 15) is 22.4 Å². The van der Waals surface area contributed by atoms with E-state index >= 15 is 0 Å². The van der Waals surface area contributed by atoms with E-state index in [0.29, 0.717) is 16.7 Å². The van der Waals surface area contributed by atoms with Gasteiger partial charge in [0.05, 0.1) is 0 Å². The molecule has 0 spiro atoms. The van der Waals surface area contributed by atoms with Crippen molar-refractivity contribution < 1.29 is 36.4 Å². The molecule has 0 bridgehead atoms. The Labute approximate surface area is 197 Å². The van der Waals surface area contributed by atoms with Gasteiger partial charge in [0.25, 0.3) is 0 Å². The highest BCUT2D eigenvalue weighted by atomic mass is 32.2. The van der Waals surface area contributed by atoms with Crippen LogP contribution in [-0.4, -0.2) is 25.5 Å². The van der Waals surface area contributed by atoms with E-state index in [4.69, 9.17) is 14.0 Å². The molecule has 2 aromatic rings. The summed E-state index contributed by atoms with van der Waals surface area (Å²) in [6.45, 7) is 8.36. The minimum Gasteiger partial charge on any atom is -0.481 e. The topological polar surface area (TPSA) is 107 Å². The van der Waals surface area contributed by atoms with E-state index in [1.807, 2.05) is 0 Å². The molecule has 0 radical (unpaired) electrons. The van der Waals surface area contributed by atoms with Crippen molar-refractivity contribution in [2.24, 2.45) is 0 Å². The molecular formula is C25H25FO7S. The highest BCUT2D eigenvalue weighted by molar-refractivity contribution is 7.87. The maximum atomic E-state index is 14.7. The first-order valence-electron chi connectivity index (χ1n) is 10.5. The Bertz CT molecular complexity index is 1310. The van der Waals surface area contributed by atoms with Gasteiger partial charge in [0.2, 0.25) is 0 Å². The molecule has 1 aliphatic heterocycles. The molecule has 0 amide bonds. The molecule has 0 aromatic heterocycles. The Morgan fingerprint density at radius 1 is 1.24 bits per heavy atom. The average Bonchev–Trinajstić information content (AvgIpc) is 3.14. The lowest BCUT2D eigenvalue weighted by Crippen LogP contribution is -2.15. The number of allylic oxidation sites excluding steroid dienone is 2. The number of aryl methyl sites for hydroxylation is 1. The van der Waals surface area contributed by atoms with Gasteiger partial charge in [-0.2, -0.15) is 8.42 Å². The number of carboxylic acids is 1. The van der Waals surface area contributed by atoms with E-state index < -0.39 is 27.9 Å². The fourth-order valence-corrected chi connectivity index (χ4v) is 4.74. The standard InChI is InChI=1S/C25H25FO7S/c1-14-5-9-18(10-6-14)34(30,31)33-24-19(11-7-15(2)8-12-21(27)28)22(17(4)26)16(3)20-13-32-25(29)23(20)24/h5-7,9-10H,4,8,11-13H2,1-3H3,(H,27,28)/b15-7+. The van der Waals surface area contributed by atoms with E-state index in [-0.39, 0.29) is 53.2 Å². The van der Waals surface area contributed by atoms with Crippen molar-refractivity contribution in [3.63, 3.8) is 0 Å². The second-order valence-electron chi connectivity index (χ2n) is 8.14. The molecule has 1 heterocycles. The number of benzene rings is 2. The molecule has 1 aliphatic rings. The van der Waals surface area contributed by atoms with E-state index in [2.05, 4.69) is 6.58 Å². The van der Waals surface area contributed by atoms with Crippen molar-refractivity contribution in [2.45, 2.75) is 51.5 Å². The number of carbonyl (C=O) groups is 2. The summed E-state index contributed by atoms with van der Waals surface area (Å²) in [5.41, 5.74) is 2.37. The zero-order valence-electron chi connectivity index (χ0n) is 19.1. The molecule has 3 rings (SSSR count). The maximum absolute atomic E-state index is 14.7. The summed E-state index contributed by atoms with van der Waals surface area (Å²) in [7, 11) is -4.37. The summed E-state index contributed by atoms with van der Waals surface area (Å²) in [5, 5.41) is 8.91. The van der Waals surface area contributed by atoms with Crippen LogP contribution in [-0.2, 0) is 32.7 Å². The minimum atomic E-state index is -4.37. The van der Waals surface area contributed by atoms with Gasteiger partial charge in [0.1, 0.15) is 22.9 Å². The average molecular weight is 489 g/mol. The van der Waals surface area contributed by atoms with Crippen molar-refractivity contribution in [1.29, 1.82) is 0 Å². The molecule has 9 heteroatoms. The van der Waals surface area contributed by atoms with Crippen LogP contribution in [0.5, 0.6) is 5.75 Å². The highest BCUT2D eigenvalue weighted by Gasteiger charge is 2.35. The van der Waals surface area contributed by atoms with Crippen LogP contribution < -0.4 is 4.18 Å². The predicted molar refractivity (Wildman–Crippen MR) is 124 cm³/mol. The largest absolute Gasteiger partial charge is 0.481 e. The summed E-state index contributed by atoms with van der Waals surface area (Å²) in [4.78, 5) is 23.3. The third kappa shape index (κ3) is 5.20. The van der Waals surface area contributed by atoms with Crippen LogP contribution in [0.25, 0.3) is 5.83 Å². The maximum Gasteiger partial charge on any atom is 0.342 e. The molecule has 180 valence electrons. The first kappa shape index (κ1) is 25.2. The number of carboxylic acid groups (broad SMARTS) is 1. The van der Waals surface area contributed by atoms with Crippen LogP contribution in [0.1, 0.15) is 57.9 Å². The molecule has 0 aliphatic carbocycles. The zero-order chi connectivity index (χ0) is 25.2. The fraction of sp³-hybridized carbons (Fsp3) is 0.280. The molecule has 34 heavy (non-hydrogen) atoms. The van der Waals surface area contributed by atoms with Gasteiger partial charge >= 0.3 is 22.1 Å². The van der Waals surface area contributed by atoms with Crippen molar-refractivity contribution in [2.75, 3.05) is 0 Å². The highest BCUT2D eigenvalue weighted by Crippen LogP contribution is 2.42. The number of esters is 1. The van der Waals surface area contributed by atoms with Gasteiger partial charge in [0, 0.05) is 23.1 Å². The Kier molecular flexibility index (Phi) is 7.26. The molecule has 1 N–H and O–H groups in total. The number of hydrogen-bond donors (Lipinski definition) is 1. The van der Waals surface area contributed by atoms with Gasteiger partial charge in [-0.1, -0.05) is 35.9 Å². The number of halogens is 1. The summed E-state index contributed by atoms with van der Waals surface area (Å²) in [6, 6.07) is 5.97. The molecular weight excluding hydrogens is 463 g/mol. The first-order valence-corrected chi connectivity index (χ1v) is 11.9. The van der Waals surface area contributed by atoms with E-state index in [1.165, 1.54) is 12.1 Å². The number of aliphatic carboxylic acids is 1. The summed E-state index contributed by atoms with van der Waals surface area (Å²) in [5.74, 6) is -2.85. The Morgan fingerprint density at radius 3 is 2.47 bits per heavy atom. The number of fused-ring (bicyclic) bond motifs is 1.